The van der Waals surface area contributed by atoms with Crippen LogP contribution in [0.5, 0.6) is 11.5 Å². The van der Waals surface area contributed by atoms with Gasteiger partial charge in [-0.2, -0.15) is 13.2 Å². The summed E-state index contributed by atoms with van der Waals surface area (Å²) in [5, 5.41) is 0.656. The molecule has 0 saturated heterocycles. The van der Waals surface area contributed by atoms with Crippen LogP contribution in [0, 0.1) is 0 Å². The standard InChI is InChI=1S/C17H13F3N2O2S/c1-23-13-8-11-12(9-14(13)24-2)21-16(17(18,19)20)22-15(11)25-10-6-4-3-5-7-10/h3-9H,1-2H3. The fourth-order valence-electron chi connectivity index (χ4n) is 2.23. The summed E-state index contributed by atoms with van der Waals surface area (Å²) in [5.41, 5.74) is 0.137. The predicted octanol–water partition coefficient (Wildman–Crippen LogP) is 4.82. The third-order valence-corrected chi connectivity index (χ3v) is 4.39. The van der Waals surface area contributed by atoms with Crippen molar-refractivity contribution >= 4 is 22.7 Å². The summed E-state index contributed by atoms with van der Waals surface area (Å²) < 4.78 is 49.9. The lowest BCUT2D eigenvalue weighted by molar-refractivity contribution is -0.145. The Morgan fingerprint density at radius 3 is 2.16 bits per heavy atom. The molecule has 0 bridgehead atoms. The molecule has 8 heteroatoms. The van der Waals surface area contributed by atoms with Crippen molar-refractivity contribution in [1.29, 1.82) is 0 Å². The molecular weight excluding hydrogens is 353 g/mol. The van der Waals surface area contributed by atoms with Crippen LogP contribution in [0.25, 0.3) is 10.9 Å². The lowest BCUT2D eigenvalue weighted by Gasteiger charge is -2.13. The van der Waals surface area contributed by atoms with Crippen molar-refractivity contribution in [2.24, 2.45) is 0 Å². The maximum atomic E-state index is 13.2. The first-order valence-electron chi connectivity index (χ1n) is 7.16. The zero-order valence-electron chi connectivity index (χ0n) is 13.3. The largest absolute Gasteiger partial charge is 0.493 e. The molecule has 4 nitrogen and oxygen atoms in total. The highest BCUT2D eigenvalue weighted by atomic mass is 32.2. The second-order valence-electron chi connectivity index (χ2n) is 4.99. The molecule has 25 heavy (non-hydrogen) atoms. The fraction of sp³-hybridized carbons (Fsp3) is 0.176. The van der Waals surface area contributed by atoms with Crippen LogP contribution >= 0.6 is 11.8 Å². The summed E-state index contributed by atoms with van der Waals surface area (Å²) in [6.45, 7) is 0. The van der Waals surface area contributed by atoms with Gasteiger partial charge < -0.3 is 9.47 Å². The highest BCUT2D eigenvalue weighted by molar-refractivity contribution is 7.99. The quantitative estimate of drug-likeness (QED) is 0.620. The Bertz CT molecular complexity index is 902. The van der Waals surface area contributed by atoms with Crippen LogP contribution in [-0.2, 0) is 6.18 Å². The van der Waals surface area contributed by atoms with Crippen LogP contribution in [0.15, 0.2) is 52.4 Å². The van der Waals surface area contributed by atoms with Gasteiger partial charge in [0.25, 0.3) is 0 Å². The van der Waals surface area contributed by atoms with E-state index in [-0.39, 0.29) is 10.5 Å². The zero-order valence-corrected chi connectivity index (χ0v) is 14.1. The molecule has 0 saturated carbocycles. The van der Waals surface area contributed by atoms with Gasteiger partial charge in [-0.05, 0) is 18.2 Å². The number of hydrogen-bond acceptors (Lipinski definition) is 5. The number of halogens is 3. The molecule has 0 aliphatic rings. The SMILES string of the molecule is COc1cc2nc(C(F)(F)F)nc(Sc3ccccc3)c2cc1OC. The van der Waals surface area contributed by atoms with E-state index in [1.165, 1.54) is 20.3 Å². The summed E-state index contributed by atoms with van der Waals surface area (Å²) in [6, 6.07) is 12.0. The second-order valence-corrected chi connectivity index (χ2v) is 6.05. The van der Waals surface area contributed by atoms with E-state index in [0.717, 1.165) is 16.7 Å². The molecule has 130 valence electrons. The molecule has 0 aliphatic heterocycles. The molecule has 1 aromatic heterocycles. The van der Waals surface area contributed by atoms with Crippen LogP contribution in [0.1, 0.15) is 5.82 Å². The number of ether oxygens (including phenoxy) is 2. The van der Waals surface area contributed by atoms with Gasteiger partial charge in [-0.15, -0.1) is 0 Å². The third kappa shape index (κ3) is 3.63. The average molecular weight is 366 g/mol. The fourth-order valence-corrected chi connectivity index (χ4v) is 3.15. The van der Waals surface area contributed by atoms with Crippen molar-refractivity contribution in [2.45, 2.75) is 16.1 Å². The van der Waals surface area contributed by atoms with E-state index in [2.05, 4.69) is 9.97 Å². The molecule has 0 aliphatic carbocycles. The number of methoxy groups -OCH3 is 2. The average Bonchev–Trinajstić information content (AvgIpc) is 2.60. The van der Waals surface area contributed by atoms with E-state index in [0.29, 0.717) is 16.9 Å². The maximum Gasteiger partial charge on any atom is 0.451 e. The molecule has 0 fully saturated rings. The minimum Gasteiger partial charge on any atom is -0.493 e. The maximum absolute atomic E-state index is 13.2. The van der Waals surface area contributed by atoms with Crippen LogP contribution in [0.2, 0.25) is 0 Å². The van der Waals surface area contributed by atoms with Gasteiger partial charge in [0.1, 0.15) is 5.03 Å². The molecule has 0 N–H and O–H groups in total. The van der Waals surface area contributed by atoms with Gasteiger partial charge in [0.15, 0.2) is 11.5 Å². The van der Waals surface area contributed by atoms with Crippen LogP contribution in [0.3, 0.4) is 0 Å². The van der Waals surface area contributed by atoms with Crippen molar-refractivity contribution in [3.63, 3.8) is 0 Å². The number of aromatic nitrogens is 2. The first kappa shape index (κ1) is 17.3. The summed E-state index contributed by atoms with van der Waals surface area (Å²) in [5.74, 6) is -0.489. The lowest BCUT2D eigenvalue weighted by atomic mass is 10.2. The van der Waals surface area contributed by atoms with Gasteiger partial charge in [-0.25, -0.2) is 9.97 Å². The summed E-state index contributed by atoms with van der Waals surface area (Å²) in [7, 11) is 2.87. The summed E-state index contributed by atoms with van der Waals surface area (Å²) in [4.78, 5) is 8.15. The smallest absolute Gasteiger partial charge is 0.451 e. The number of fused-ring (bicyclic) bond motifs is 1. The molecule has 0 radical (unpaired) electrons. The number of rotatable bonds is 4. The van der Waals surface area contributed by atoms with Gasteiger partial charge >= 0.3 is 6.18 Å². The molecular formula is C17H13F3N2O2S. The highest BCUT2D eigenvalue weighted by Gasteiger charge is 2.35. The van der Waals surface area contributed by atoms with Gasteiger partial charge in [0.05, 0.1) is 19.7 Å². The van der Waals surface area contributed by atoms with E-state index < -0.39 is 12.0 Å². The monoisotopic (exact) mass is 366 g/mol. The van der Waals surface area contributed by atoms with Gasteiger partial charge in [-0.1, -0.05) is 30.0 Å². The Labute approximate surface area is 146 Å². The van der Waals surface area contributed by atoms with Gasteiger partial charge in [0.2, 0.25) is 5.82 Å². The van der Waals surface area contributed by atoms with E-state index in [1.807, 2.05) is 6.07 Å². The first-order valence-corrected chi connectivity index (χ1v) is 7.98. The molecule has 0 unspecified atom stereocenters. The predicted molar refractivity (Wildman–Crippen MR) is 88.2 cm³/mol. The molecule has 2 aromatic carbocycles. The minimum atomic E-state index is -4.65. The number of nitrogens with zero attached hydrogens (tertiary/aromatic N) is 2. The molecule has 3 aromatic rings. The Morgan fingerprint density at radius 1 is 0.920 bits per heavy atom. The van der Waals surface area contributed by atoms with E-state index in [4.69, 9.17) is 9.47 Å². The topological polar surface area (TPSA) is 44.2 Å². The molecule has 3 rings (SSSR count). The van der Waals surface area contributed by atoms with E-state index in [1.54, 1.807) is 30.3 Å². The van der Waals surface area contributed by atoms with Crippen molar-refractivity contribution in [3.05, 3.63) is 48.3 Å². The zero-order chi connectivity index (χ0) is 18.0. The normalized spacial score (nSPS) is 11.6. The molecule has 0 atom stereocenters. The summed E-state index contributed by atoms with van der Waals surface area (Å²) in [6.07, 6.45) is -4.65. The van der Waals surface area contributed by atoms with Crippen LogP contribution in [0.4, 0.5) is 13.2 Å². The van der Waals surface area contributed by atoms with Crippen molar-refractivity contribution in [3.8, 4) is 11.5 Å². The second kappa shape index (κ2) is 6.79. The number of alkyl halides is 3. The minimum absolute atomic E-state index is 0.137. The highest BCUT2D eigenvalue weighted by Crippen LogP contribution is 2.39. The molecule has 1 heterocycles. The molecule has 0 spiro atoms. The molecule has 0 amide bonds. The van der Waals surface area contributed by atoms with Crippen LogP contribution < -0.4 is 9.47 Å². The van der Waals surface area contributed by atoms with E-state index in [9.17, 15) is 13.2 Å². The van der Waals surface area contributed by atoms with Crippen LogP contribution in [-0.4, -0.2) is 24.2 Å². The van der Waals surface area contributed by atoms with E-state index >= 15 is 0 Å². The Kier molecular flexibility index (Phi) is 4.71. The lowest BCUT2D eigenvalue weighted by Crippen LogP contribution is -2.12. The van der Waals surface area contributed by atoms with Crippen molar-refractivity contribution < 1.29 is 22.6 Å². The van der Waals surface area contributed by atoms with Gasteiger partial charge in [-0.3, -0.25) is 0 Å². The first-order chi connectivity index (χ1) is 11.9. The van der Waals surface area contributed by atoms with Gasteiger partial charge in [0, 0.05) is 16.3 Å². The number of hydrogen-bond donors (Lipinski definition) is 0. The Balaban J connectivity index is 2.23. The van der Waals surface area contributed by atoms with Crippen molar-refractivity contribution in [1.82, 2.24) is 9.97 Å². The summed E-state index contributed by atoms with van der Waals surface area (Å²) >= 11 is 1.13. The number of benzene rings is 2. The Hall–Kier alpha value is -2.48. The van der Waals surface area contributed by atoms with Crippen molar-refractivity contribution in [2.75, 3.05) is 14.2 Å². The Morgan fingerprint density at radius 2 is 1.56 bits per heavy atom. The third-order valence-electron chi connectivity index (χ3n) is 3.38.